The fourth-order valence-electron chi connectivity index (χ4n) is 5.45. The van der Waals surface area contributed by atoms with Crippen molar-refractivity contribution in [3.05, 3.63) is 48.0 Å². The van der Waals surface area contributed by atoms with Crippen LogP contribution in [0.3, 0.4) is 0 Å². The van der Waals surface area contributed by atoms with E-state index in [-0.39, 0.29) is 24.1 Å². The second kappa shape index (κ2) is 4.70. The predicted molar refractivity (Wildman–Crippen MR) is 87.3 cm³/mol. The molecule has 0 N–H and O–H groups in total. The Labute approximate surface area is 141 Å². The Morgan fingerprint density at radius 2 is 1.88 bits per heavy atom. The number of hydrogen-bond acceptors (Lipinski definition) is 4. The summed E-state index contributed by atoms with van der Waals surface area (Å²) in [4.78, 5) is 12.7. The summed E-state index contributed by atoms with van der Waals surface area (Å²) in [6.07, 6.45) is 6.41. The van der Waals surface area contributed by atoms with Crippen LogP contribution in [-0.2, 0) is 14.2 Å². The largest absolute Gasteiger partial charge is 0.450 e. The zero-order valence-corrected chi connectivity index (χ0v) is 14.0. The van der Waals surface area contributed by atoms with Crippen molar-refractivity contribution in [2.45, 2.75) is 50.3 Å². The monoisotopic (exact) mass is 326 g/mol. The maximum Gasteiger partial charge on any atom is 0.339 e. The van der Waals surface area contributed by atoms with E-state index in [4.69, 9.17) is 14.2 Å². The minimum Gasteiger partial charge on any atom is -0.450 e. The Morgan fingerprint density at radius 3 is 2.67 bits per heavy atom. The van der Waals surface area contributed by atoms with E-state index in [0.29, 0.717) is 17.4 Å². The van der Waals surface area contributed by atoms with Gasteiger partial charge in [-0.25, -0.2) is 4.79 Å². The van der Waals surface area contributed by atoms with Crippen molar-refractivity contribution in [3.63, 3.8) is 0 Å². The Balaban J connectivity index is 1.47. The van der Waals surface area contributed by atoms with Gasteiger partial charge in [-0.3, -0.25) is 0 Å². The number of esters is 1. The molecule has 24 heavy (non-hydrogen) atoms. The minimum absolute atomic E-state index is 0.0209. The van der Waals surface area contributed by atoms with Crippen LogP contribution in [-0.4, -0.2) is 29.6 Å². The molecule has 3 aliphatic carbocycles. The molecule has 3 fully saturated rings. The molecule has 1 aromatic rings. The first-order valence-electron chi connectivity index (χ1n) is 8.82. The van der Waals surface area contributed by atoms with Crippen LogP contribution in [0.5, 0.6) is 0 Å². The maximum absolute atomic E-state index is 12.7. The maximum atomic E-state index is 12.7. The zero-order chi connectivity index (χ0) is 16.5. The van der Waals surface area contributed by atoms with Gasteiger partial charge in [-0.1, -0.05) is 24.3 Å². The number of fused-ring (bicyclic) bond motifs is 8. The number of allylic oxidation sites excluding steroid dienone is 1. The smallest absolute Gasteiger partial charge is 0.339 e. The molecule has 1 heterocycles. The van der Waals surface area contributed by atoms with Crippen LogP contribution >= 0.6 is 0 Å². The highest BCUT2D eigenvalue weighted by Gasteiger charge is 2.71. The molecule has 2 bridgehead atoms. The highest BCUT2D eigenvalue weighted by molar-refractivity contribution is 5.89. The van der Waals surface area contributed by atoms with Gasteiger partial charge in [-0.05, 0) is 50.8 Å². The van der Waals surface area contributed by atoms with Gasteiger partial charge in [0.15, 0.2) is 5.79 Å². The van der Waals surface area contributed by atoms with Gasteiger partial charge >= 0.3 is 5.97 Å². The molecule has 2 saturated carbocycles. The van der Waals surface area contributed by atoms with Crippen molar-refractivity contribution in [2.75, 3.05) is 0 Å². The van der Waals surface area contributed by atoms with Crippen LogP contribution in [0.4, 0.5) is 0 Å². The average molecular weight is 326 g/mol. The number of ether oxygens (including phenoxy) is 3. The van der Waals surface area contributed by atoms with Gasteiger partial charge in [0.1, 0.15) is 5.60 Å². The Kier molecular flexibility index (Phi) is 2.88. The van der Waals surface area contributed by atoms with E-state index in [2.05, 4.69) is 12.2 Å². The van der Waals surface area contributed by atoms with E-state index >= 15 is 0 Å². The lowest BCUT2D eigenvalue weighted by Gasteiger charge is -2.41. The second-order valence-corrected chi connectivity index (χ2v) is 7.92. The normalized spacial score (nSPS) is 43.7. The van der Waals surface area contributed by atoms with Crippen molar-refractivity contribution >= 4 is 5.97 Å². The van der Waals surface area contributed by atoms with Crippen LogP contribution in [0, 0.1) is 17.8 Å². The first-order valence-corrected chi connectivity index (χ1v) is 8.82. The quantitative estimate of drug-likeness (QED) is 0.618. The fourth-order valence-corrected chi connectivity index (χ4v) is 5.45. The highest BCUT2D eigenvalue weighted by atomic mass is 16.8. The summed E-state index contributed by atoms with van der Waals surface area (Å²) < 4.78 is 18.5. The minimum atomic E-state index is -0.542. The summed E-state index contributed by atoms with van der Waals surface area (Å²) in [5.41, 5.74) is 0.0805. The van der Waals surface area contributed by atoms with E-state index in [1.807, 2.05) is 32.0 Å². The van der Waals surface area contributed by atoms with E-state index in [0.717, 1.165) is 12.8 Å². The van der Waals surface area contributed by atoms with Crippen molar-refractivity contribution in [1.29, 1.82) is 0 Å². The highest BCUT2D eigenvalue weighted by Crippen LogP contribution is 2.64. The molecule has 126 valence electrons. The van der Waals surface area contributed by atoms with E-state index in [1.54, 1.807) is 12.1 Å². The lowest BCUT2D eigenvalue weighted by Crippen LogP contribution is -2.52. The lowest BCUT2D eigenvalue weighted by molar-refractivity contribution is -0.160. The van der Waals surface area contributed by atoms with Gasteiger partial charge in [0.2, 0.25) is 0 Å². The third-order valence-corrected chi connectivity index (χ3v) is 6.23. The number of carbonyl (C=O) groups is 1. The summed E-state index contributed by atoms with van der Waals surface area (Å²) in [5.74, 6) is 0.119. The van der Waals surface area contributed by atoms with Crippen molar-refractivity contribution in [1.82, 2.24) is 0 Å². The topological polar surface area (TPSA) is 44.8 Å². The van der Waals surface area contributed by atoms with Gasteiger partial charge in [0, 0.05) is 11.8 Å². The van der Waals surface area contributed by atoms with Crippen LogP contribution in [0.25, 0.3) is 0 Å². The summed E-state index contributed by atoms with van der Waals surface area (Å²) in [6, 6.07) is 9.25. The third-order valence-electron chi connectivity index (χ3n) is 6.23. The first kappa shape index (κ1) is 14.7. The molecule has 0 aromatic heterocycles. The van der Waals surface area contributed by atoms with Crippen LogP contribution in [0.2, 0.25) is 0 Å². The molecule has 4 heteroatoms. The summed E-state index contributed by atoms with van der Waals surface area (Å²) in [5, 5.41) is 0. The van der Waals surface area contributed by atoms with Gasteiger partial charge in [-0.15, -0.1) is 0 Å². The van der Waals surface area contributed by atoms with Crippen molar-refractivity contribution < 1.29 is 19.0 Å². The molecule has 0 spiro atoms. The molecule has 5 rings (SSSR count). The average Bonchev–Trinajstić information content (AvgIpc) is 3.24. The molecule has 1 aromatic carbocycles. The lowest BCUT2D eigenvalue weighted by atomic mass is 9.74. The fraction of sp³-hybridized carbons (Fsp3) is 0.550. The molecular weight excluding hydrogens is 304 g/mol. The van der Waals surface area contributed by atoms with Crippen LogP contribution in [0.1, 0.15) is 37.0 Å². The van der Waals surface area contributed by atoms with Crippen molar-refractivity contribution in [2.24, 2.45) is 17.8 Å². The second-order valence-electron chi connectivity index (χ2n) is 7.92. The van der Waals surface area contributed by atoms with Gasteiger partial charge < -0.3 is 14.2 Å². The Morgan fingerprint density at radius 1 is 1.12 bits per heavy atom. The van der Waals surface area contributed by atoms with Gasteiger partial charge in [0.05, 0.1) is 17.8 Å². The third kappa shape index (κ3) is 1.84. The van der Waals surface area contributed by atoms with E-state index in [9.17, 15) is 4.79 Å². The Bertz CT molecular complexity index is 710. The standard InChI is InChI=1S/C20H22O4/c1-19(2)22-16-13-11-15(17(16)23-19)20(10-6-9-14(13)20)24-18(21)12-7-4-3-5-8-12/h3-8,10,13-17H,9,11H2,1-2H3/t13-,14-,15-,16-,17+,20+/m1/s1. The molecule has 1 saturated heterocycles. The molecule has 0 unspecified atom stereocenters. The van der Waals surface area contributed by atoms with Gasteiger partial charge in [-0.2, -0.15) is 0 Å². The van der Waals surface area contributed by atoms with Crippen molar-refractivity contribution in [3.8, 4) is 0 Å². The molecule has 0 amide bonds. The van der Waals surface area contributed by atoms with Crippen LogP contribution in [0.15, 0.2) is 42.5 Å². The Hall–Kier alpha value is -1.65. The number of hydrogen-bond donors (Lipinski definition) is 0. The number of carbonyl (C=O) groups excluding carboxylic acids is 1. The molecule has 4 nitrogen and oxygen atoms in total. The molecule has 6 atom stereocenters. The summed E-state index contributed by atoms with van der Waals surface area (Å²) in [7, 11) is 0. The first-order chi connectivity index (χ1) is 11.5. The summed E-state index contributed by atoms with van der Waals surface area (Å²) in [6.45, 7) is 3.94. The zero-order valence-electron chi connectivity index (χ0n) is 14.0. The predicted octanol–water partition coefficient (Wildman–Crippen LogP) is 3.33. The molecule has 4 aliphatic rings. The SMILES string of the molecule is CC1(C)O[C@@H]2[C@@H]3C[C@H]([C@@H]2O1)[C@]1(OC(=O)c2ccccc2)C=CC[C@H]31. The molecule has 1 aliphatic heterocycles. The number of benzene rings is 1. The van der Waals surface area contributed by atoms with Crippen LogP contribution < -0.4 is 0 Å². The number of rotatable bonds is 2. The van der Waals surface area contributed by atoms with E-state index in [1.165, 1.54) is 0 Å². The van der Waals surface area contributed by atoms with E-state index < -0.39 is 11.4 Å². The van der Waals surface area contributed by atoms with Gasteiger partial charge in [0.25, 0.3) is 0 Å². The molecule has 0 radical (unpaired) electrons. The summed E-state index contributed by atoms with van der Waals surface area (Å²) >= 11 is 0. The molecular formula is C20H22O4.